The third-order valence-electron chi connectivity index (χ3n) is 1.38. The van der Waals surface area contributed by atoms with Crippen molar-refractivity contribution in [1.29, 1.82) is 0 Å². The third-order valence-corrected chi connectivity index (χ3v) is 2.59. The molecule has 10 heavy (non-hydrogen) atoms. The van der Waals surface area contributed by atoms with Crippen molar-refractivity contribution in [2.24, 2.45) is 0 Å². The summed E-state index contributed by atoms with van der Waals surface area (Å²) in [6.45, 7) is 5.67. The van der Waals surface area contributed by atoms with Gasteiger partial charge in [-0.1, -0.05) is 25.6 Å². The number of hydrogen-bond donors (Lipinski definition) is 1. The van der Waals surface area contributed by atoms with E-state index in [2.05, 4.69) is 13.1 Å². The SMILES string of the molecule is C=C(CCC[SiH2]C)C(=O)O. The summed E-state index contributed by atoms with van der Waals surface area (Å²) < 4.78 is 0. The van der Waals surface area contributed by atoms with E-state index in [0.29, 0.717) is 12.0 Å². The van der Waals surface area contributed by atoms with Gasteiger partial charge in [-0.15, -0.1) is 0 Å². The Bertz CT molecular complexity index is 132. The topological polar surface area (TPSA) is 37.3 Å². The Hall–Kier alpha value is -0.573. The van der Waals surface area contributed by atoms with Crippen LogP contribution in [0, 0.1) is 0 Å². The molecule has 0 aromatic carbocycles. The van der Waals surface area contributed by atoms with E-state index < -0.39 is 5.97 Å². The maximum atomic E-state index is 10.2. The first-order valence-electron chi connectivity index (χ1n) is 3.59. The van der Waals surface area contributed by atoms with Crippen LogP contribution < -0.4 is 0 Å². The van der Waals surface area contributed by atoms with Gasteiger partial charge in [0.25, 0.3) is 0 Å². The summed E-state index contributed by atoms with van der Waals surface area (Å²) in [6, 6.07) is 1.23. The van der Waals surface area contributed by atoms with Crippen molar-refractivity contribution in [3.05, 3.63) is 12.2 Å². The van der Waals surface area contributed by atoms with Gasteiger partial charge in [-0.25, -0.2) is 4.79 Å². The third kappa shape index (κ3) is 4.32. The highest BCUT2D eigenvalue weighted by Gasteiger charge is 2.01. The average molecular weight is 158 g/mol. The number of carboxylic acid groups (broad SMARTS) is 1. The largest absolute Gasteiger partial charge is 0.478 e. The molecule has 0 heterocycles. The molecular weight excluding hydrogens is 144 g/mol. The van der Waals surface area contributed by atoms with Crippen LogP contribution in [0.1, 0.15) is 12.8 Å². The van der Waals surface area contributed by atoms with E-state index in [-0.39, 0.29) is 9.52 Å². The smallest absolute Gasteiger partial charge is 0.330 e. The van der Waals surface area contributed by atoms with Crippen LogP contribution in [0.3, 0.4) is 0 Å². The molecule has 0 amide bonds. The second-order valence-electron chi connectivity index (χ2n) is 2.37. The molecule has 0 aliphatic heterocycles. The molecular formula is C7H14O2Si. The molecule has 0 aliphatic carbocycles. The van der Waals surface area contributed by atoms with Gasteiger partial charge in [-0.3, -0.25) is 0 Å². The minimum absolute atomic E-state index is 0.112. The van der Waals surface area contributed by atoms with Crippen molar-refractivity contribution in [2.75, 3.05) is 0 Å². The van der Waals surface area contributed by atoms with Crippen molar-refractivity contribution in [1.82, 2.24) is 0 Å². The Labute approximate surface area is 63.8 Å². The van der Waals surface area contributed by atoms with Crippen molar-refractivity contribution >= 4 is 15.5 Å². The van der Waals surface area contributed by atoms with Gasteiger partial charge in [0.1, 0.15) is 0 Å². The molecule has 0 rings (SSSR count). The maximum Gasteiger partial charge on any atom is 0.330 e. The number of aliphatic carboxylic acids is 1. The zero-order valence-electron chi connectivity index (χ0n) is 6.39. The van der Waals surface area contributed by atoms with Gasteiger partial charge in [0.15, 0.2) is 0 Å². The molecule has 3 heteroatoms. The zero-order valence-corrected chi connectivity index (χ0v) is 7.81. The van der Waals surface area contributed by atoms with E-state index in [4.69, 9.17) is 5.11 Å². The Kier molecular flexibility index (Phi) is 4.93. The van der Waals surface area contributed by atoms with Gasteiger partial charge in [0, 0.05) is 15.1 Å². The molecule has 0 bridgehead atoms. The van der Waals surface area contributed by atoms with Crippen LogP contribution >= 0.6 is 0 Å². The molecule has 0 aliphatic rings. The Balaban J connectivity index is 3.31. The number of carbonyl (C=O) groups is 1. The first-order chi connectivity index (χ1) is 4.68. The van der Waals surface area contributed by atoms with Gasteiger partial charge in [-0.2, -0.15) is 0 Å². The van der Waals surface area contributed by atoms with E-state index in [1.165, 1.54) is 6.04 Å². The van der Waals surface area contributed by atoms with Crippen LogP contribution in [0.5, 0.6) is 0 Å². The van der Waals surface area contributed by atoms with Crippen molar-refractivity contribution in [3.63, 3.8) is 0 Å². The predicted octanol–water partition coefficient (Wildman–Crippen LogP) is 1.04. The highest BCUT2D eigenvalue weighted by Crippen LogP contribution is 2.04. The first kappa shape index (κ1) is 9.43. The first-order valence-corrected chi connectivity index (χ1v) is 6.01. The van der Waals surface area contributed by atoms with E-state index in [0.717, 1.165) is 6.42 Å². The number of rotatable bonds is 5. The second kappa shape index (κ2) is 5.23. The molecule has 0 aromatic rings. The molecule has 0 saturated carbocycles. The van der Waals surface area contributed by atoms with Crippen LogP contribution in [-0.2, 0) is 4.79 Å². The lowest BCUT2D eigenvalue weighted by molar-refractivity contribution is -0.132. The van der Waals surface area contributed by atoms with E-state index in [9.17, 15) is 4.79 Å². The highest BCUT2D eigenvalue weighted by molar-refractivity contribution is 6.33. The summed E-state index contributed by atoms with van der Waals surface area (Å²) in [4.78, 5) is 10.2. The highest BCUT2D eigenvalue weighted by atomic mass is 28.2. The summed E-state index contributed by atoms with van der Waals surface area (Å²) in [7, 11) is 0.112. The monoisotopic (exact) mass is 158 g/mol. The van der Waals surface area contributed by atoms with Crippen LogP contribution in [0.15, 0.2) is 12.2 Å². The normalized spacial score (nSPS) is 10.5. The van der Waals surface area contributed by atoms with Crippen LogP contribution in [-0.4, -0.2) is 20.6 Å². The lowest BCUT2D eigenvalue weighted by Gasteiger charge is -1.96. The quantitative estimate of drug-likeness (QED) is 0.369. The van der Waals surface area contributed by atoms with Crippen molar-refractivity contribution in [2.45, 2.75) is 25.4 Å². The Morgan fingerprint density at radius 1 is 1.70 bits per heavy atom. The number of carboxylic acids is 1. The van der Waals surface area contributed by atoms with Gasteiger partial charge in [0.2, 0.25) is 0 Å². The van der Waals surface area contributed by atoms with Crippen LogP contribution in [0.25, 0.3) is 0 Å². The van der Waals surface area contributed by atoms with Crippen molar-refractivity contribution < 1.29 is 9.90 Å². The molecule has 0 spiro atoms. The molecule has 0 radical (unpaired) electrons. The van der Waals surface area contributed by atoms with Crippen molar-refractivity contribution in [3.8, 4) is 0 Å². The van der Waals surface area contributed by atoms with E-state index >= 15 is 0 Å². The van der Waals surface area contributed by atoms with Crippen LogP contribution in [0.2, 0.25) is 12.6 Å². The van der Waals surface area contributed by atoms with Gasteiger partial charge in [0.05, 0.1) is 0 Å². The minimum Gasteiger partial charge on any atom is -0.478 e. The fourth-order valence-corrected chi connectivity index (χ4v) is 1.45. The zero-order chi connectivity index (χ0) is 7.98. The molecule has 0 atom stereocenters. The maximum absolute atomic E-state index is 10.2. The summed E-state index contributed by atoms with van der Waals surface area (Å²) in [5.74, 6) is -0.849. The summed E-state index contributed by atoms with van der Waals surface area (Å²) >= 11 is 0. The van der Waals surface area contributed by atoms with Gasteiger partial charge < -0.3 is 5.11 Å². The minimum atomic E-state index is -0.849. The summed E-state index contributed by atoms with van der Waals surface area (Å²) in [5, 5.41) is 8.39. The predicted molar refractivity (Wildman–Crippen MR) is 45.2 cm³/mol. The Morgan fingerprint density at radius 2 is 2.30 bits per heavy atom. The fraction of sp³-hybridized carbons (Fsp3) is 0.571. The molecule has 0 aromatic heterocycles. The second-order valence-corrected chi connectivity index (χ2v) is 4.07. The molecule has 0 fully saturated rings. The summed E-state index contributed by atoms with van der Waals surface area (Å²) in [5.41, 5.74) is 0.349. The Morgan fingerprint density at radius 3 is 2.70 bits per heavy atom. The van der Waals surface area contributed by atoms with Gasteiger partial charge >= 0.3 is 5.97 Å². The lowest BCUT2D eigenvalue weighted by atomic mass is 10.2. The number of hydrogen-bond acceptors (Lipinski definition) is 1. The summed E-state index contributed by atoms with van der Waals surface area (Å²) in [6.07, 6.45) is 1.67. The lowest BCUT2D eigenvalue weighted by Crippen LogP contribution is -1.98. The molecule has 1 N–H and O–H groups in total. The average Bonchev–Trinajstić information content (AvgIpc) is 1.88. The molecule has 0 unspecified atom stereocenters. The van der Waals surface area contributed by atoms with E-state index in [1.807, 2.05) is 0 Å². The standard InChI is InChI=1S/C7H14O2Si/c1-6(7(8)9)4-3-5-10-2/h1,3-5,10H2,2H3,(H,8,9). The van der Waals surface area contributed by atoms with Crippen LogP contribution in [0.4, 0.5) is 0 Å². The van der Waals surface area contributed by atoms with E-state index in [1.54, 1.807) is 0 Å². The fourth-order valence-electron chi connectivity index (χ4n) is 0.695. The molecule has 0 saturated heterocycles. The molecule has 58 valence electrons. The molecule has 2 nitrogen and oxygen atoms in total. The van der Waals surface area contributed by atoms with Gasteiger partial charge in [-0.05, 0) is 6.42 Å².